The topological polar surface area (TPSA) is 85.2 Å². The third-order valence-electron chi connectivity index (χ3n) is 5.58. The SMILES string of the molecule is CC(=O)c1c(C)nn(CCC(=O)N[C@H]2CC[C@H]2NC2CCOCC2)c1C. The molecule has 2 fully saturated rings. The maximum Gasteiger partial charge on any atom is 0.222 e. The molecule has 1 aromatic heterocycles. The fourth-order valence-electron chi connectivity index (χ4n) is 3.95. The van der Waals surface area contributed by atoms with E-state index >= 15 is 0 Å². The molecule has 0 bridgehead atoms. The lowest BCUT2D eigenvalue weighted by Crippen LogP contribution is -2.59. The predicted molar refractivity (Wildman–Crippen MR) is 98.3 cm³/mol. The van der Waals surface area contributed by atoms with Crippen LogP contribution >= 0.6 is 0 Å². The summed E-state index contributed by atoms with van der Waals surface area (Å²) in [4.78, 5) is 24.0. The van der Waals surface area contributed by atoms with Gasteiger partial charge in [0, 0.05) is 50.0 Å². The molecule has 3 rings (SSSR count). The third kappa shape index (κ3) is 4.32. The van der Waals surface area contributed by atoms with Gasteiger partial charge in [-0.2, -0.15) is 5.10 Å². The average molecular weight is 362 g/mol. The highest BCUT2D eigenvalue weighted by Gasteiger charge is 2.33. The molecular formula is C19H30N4O3. The van der Waals surface area contributed by atoms with Crippen molar-refractivity contribution in [3.05, 3.63) is 17.0 Å². The highest BCUT2D eigenvalue weighted by atomic mass is 16.5. The van der Waals surface area contributed by atoms with Crippen LogP contribution < -0.4 is 10.6 Å². The molecule has 0 spiro atoms. The first-order valence-electron chi connectivity index (χ1n) is 9.63. The summed E-state index contributed by atoms with van der Waals surface area (Å²) < 4.78 is 7.16. The molecule has 0 aromatic carbocycles. The zero-order valence-electron chi connectivity index (χ0n) is 16.0. The van der Waals surface area contributed by atoms with Crippen molar-refractivity contribution in [1.82, 2.24) is 20.4 Å². The zero-order valence-corrected chi connectivity index (χ0v) is 16.0. The van der Waals surface area contributed by atoms with Crippen molar-refractivity contribution in [3.8, 4) is 0 Å². The molecule has 2 heterocycles. The number of Topliss-reactive ketones (excluding diaryl/α,β-unsaturated/α-hetero) is 1. The first-order chi connectivity index (χ1) is 12.5. The number of rotatable bonds is 7. The van der Waals surface area contributed by atoms with Crippen molar-refractivity contribution in [1.29, 1.82) is 0 Å². The molecule has 1 saturated carbocycles. The Labute approximate surface area is 154 Å². The number of hydrogen-bond donors (Lipinski definition) is 2. The van der Waals surface area contributed by atoms with E-state index in [0.29, 0.717) is 30.6 Å². The second-order valence-corrected chi connectivity index (χ2v) is 7.49. The van der Waals surface area contributed by atoms with Crippen LogP contribution in [0.5, 0.6) is 0 Å². The lowest BCUT2D eigenvalue weighted by atomic mass is 9.85. The van der Waals surface area contributed by atoms with Crippen LogP contribution in [0.2, 0.25) is 0 Å². The highest BCUT2D eigenvalue weighted by molar-refractivity contribution is 5.96. The van der Waals surface area contributed by atoms with Gasteiger partial charge in [0.2, 0.25) is 5.91 Å². The molecule has 7 heteroatoms. The molecule has 1 aliphatic carbocycles. The maximum atomic E-state index is 12.3. The number of ketones is 1. The Bertz CT molecular complexity index is 664. The van der Waals surface area contributed by atoms with Crippen molar-refractivity contribution < 1.29 is 14.3 Å². The van der Waals surface area contributed by atoms with Crippen LogP contribution in [0.4, 0.5) is 0 Å². The molecule has 2 aliphatic rings. The van der Waals surface area contributed by atoms with E-state index in [1.165, 1.54) is 0 Å². The fourth-order valence-corrected chi connectivity index (χ4v) is 3.95. The normalized spacial score (nSPS) is 23.5. The number of ether oxygens (including phenoxy) is 1. The van der Waals surface area contributed by atoms with Gasteiger partial charge in [-0.15, -0.1) is 0 Å². The number of nitrogens with zero attached hydrogens (tertiary/aromatic N) is 2. The van der Waals surface area contributed by atoms with Crippen molar-refractivity contribution in [2.75, 3.05) is 13.2 Å². The zero-order chi connectivity index (χ0) is 18.7. The lowest BCUT2D eigenvalue weighted by Gasteiger charge is -2.41. The second kappa shape index (κ2) is 8.31. The number of carbonyl (C=O) groups excluding carboxylic acids is 2. The van der Waals surface area contributed by atoms with Crippen LogP contribution in [0, 0.1) is 13.8 Å². The van der Waals surface area contributed by atoms with E-state index in [9.17, 15) is 9.59 Å². The number of nitrogens with one attached hydrogen (secondary N) is 2. The minimum atomic E-state index is 0.0206. The Balaban J connectivity index is 1.46. The maximum absolute atomic E-state index is 12.3. The second-order valence-electron chi connectivity index (χ2n) is 7.49. The van der Waals surface area contributed by atoms with E-state index in [0.717, 1.165) is 50.3 Å². The summed E-state index contributed by atoms with van der Waals surface area (Å²) in [5, 5.41) is 11.2. The smallest absolute Gasteiger partial charge is 0.222 e. The van der Waals surface area contributed by atoms with Gasteiger partial charge in [0.05, 0.1) is 11.3 Å². The van der Waals surface area contributed by atoms with Crippen LogP contribution in [0.25, 0.3) is 0 Å². The van der Waals surface area contributed by atoms with Crippen LogP contribution in [0.1, 0.15) is 60.8 Å². The molecule has 2 atom stereocenters. The van der Waals surface area contributed by atoms with Crippen molar-refractivity contribution in [3.63, 3.8) is 0 Å². The van der Waals surface area contributed by atoms with Crippen molar-refractivity contribution in [2.24, 2.45) is 0 Å². The van der Waals surface area contributed by atoms with Crippen LogP contribution in [-0.4, -0.2) is 52.8 Å². The van der Waals surface area contributed by atoms with E-state index in [1.807, 2.05) is 13.8 Å². The molecule has 7 nitrogen and oxygen atoms in total. The lowest BCUT2D eigenvalue weighted by molar-refractivity contribution is -0.123. The molecule has 2 N–H and O–H groups in total. The van der Waals surface area contributed by atoms with Gasteiger partial charge in [-0.05, 0) is 46.5 Å². The van der Waals surface area contributed by atoms with Crippen LogP contribution in [-0.2, 0) is 16.1 Å². The van der Waals surface area contributed by atoms with Gasteiger partial charge in [-0.1, -0.05) is 0 Å². The molecule has 1 amide bonds. The van der Waals surface area contributed by atoms with Gasteiger partial charge < -0.3 is 15.4 Å². The predicted octanol–water partition coefficient (Wildman–Crippen LogP) is 1.51. The van der Waals surface area contributed by atoms with Gasteiger partial charge in [-0.25, -0.2) is 0 Å². The van der Waals surface area contributed by atoms with Gasteiger partial charge in [0.15, 0.2) is 5.78 Å². The number of amides is 1. The Kier molecular flexibility index (Phi) is 6.09. The Morgan fingerprint density at radius 1 is 1.15 bits per heavy atom. The number of aryl methyl sites for hydroxylation is 2. The summed E-state index contributed by atoms with van der Waals surface area (Å²) in [5.41, 5.74) is 2.24. The van der Waals surface area contributed by atoms with E-state index < -0.39 is 0 Å². The largest absolute Gasteiger partial charge is 0.381 e. The quantitative estimate of drug-likeness (QED) is 0.718. The highest BCUT2D eigenvalue weighted by Crippen LogP contribution is 2.22. The van der Waals surface area contributed by atoms with Crippen LogP contribution in [0.15, 0.2) is 0 Å². The average Bonchev–Trinajstić information content (AvgIpc) is 2.89. The standard InChI is InChI=1S/C19H30N4O3/c1-12-19(14(3)24)13(2)23(22-12)9-6-18(25)21-17-5-4-16(17)20-15-7-10-26-11-8-15/h15-17,20H,4-11H2,1-3H3,(H,21,25)/t16-,17+/m1/s1. The summed E-state index contributed by atoms with van der Waals surface area (Å²) in [7, 11) is 0. The monoisotopic (exact) mass is 362 g/mol. The minimum absolute atomic E-state index is 0.0206. The Morgan fingerprint density at radius 2 is 1.85 bits per heavy atom. The van der Waals surface area contributed by atoms with Gasteiger partial charge in [0.1, 0.15) is 0 Å². The third-order valence-corrected chi connectivity index (χ3v) is 5.58. The van der Waals surface area contributed by atoms with Gasteiger partial charge in [-0.3, -0.25) is 14.3 Å². The number of hydrogen-bond acceptors (Lipinski definition) is 5. The Morgan fingerprint density at radius 3 is 2.42 bits per heavy atom. The molecule has 26 heavy (non-hydrogen) atoms. The summed E-state index contributed by atoms with van der Waals surface area (Å²) in [6.07, 6.45) is 4.61. The molecule has 0 radical (unpaired) electrons. The van der Waals surface area contributed by atoms with Crippen molar-refractivity contribution in [2.45, 2.75) is 77.5 Å². The van der Waals surface area contributed by atoms with E-state index in [2.05, 4.69) is 15.7 Å². The minimum Gasteiger partial charge on any atom is -0.381 e. The summed E-state index contributed by atoms with van der Waals surface area (Å²) in [5.74, 6) is 0.0672. The first-order valence-corrected chi connectivity index (χ1v) is 9.63. The molecule has 1 saturated heterocycles. The van der Waals surface area contributed by atoms with E-state index in [4.69, 9.17) is 4.74 Å². The van der Waals surface area contributed by atoms with E-state index in [-0.39, 0.29) is 17.7 Å². The summed E-state index contributed by atoms with van der Waals surface area (Å²) in [6.45, 7) is 7.42. The molecule has 1 aliphatic heterocycles. The van der Waals surface area contributed by atoms with Gasteiger partial charge in [0.25, 0.3) is 0 Å². The summed E-state index contributed by atoms with van der Waals surface area (Å²) in [6, 6.07) is 1.10. The molecule has 144 valence electrons. The number of carbonyl (C=O) groups is 2. The first kappa shape index (κ1) is 19.0. The Hall–Kier alpha value is -1.73. The van der Waals surface area contributed by atoms with Gasteiger partial charge >= 0.3 is 0 Å². The van der Waals surface area contributed by atoms with Crippen molar-refractivity contribution >= 4 is 11.7 Å². The molecule has 0 unspecified atom stereocenters. The summed E-state index contributed by atoms with van der Waals surface area (Å²) >= 11 is 0. The van der Waals surface area contributed by atoms with E-state index in [1.54, 1.807) is 11.6 Å². The molecular weight excluding hydrogens is 332 g/mol. The number of aromatic nitrogens is 2. The fraction of sp³-hybridized carbons (Fsp3) is 0.737. The molecule has 1 aromatic rings. The van der Waals surface area contributed by atoms with Crippen LogP contribution in [0.3, 0.4) is 0 Å².